The van der Waals surface area contributed by atoms with Crippen molar-refractivity contribution < 1.29 is 4.79 Å². The zero-order chi connectivity index (χ0) is 14.5. The zero-order valence-electron chi connectivity index (χ0n) is 11.8. The Morgan fingerprint density at radius 2 is 1.76 bits per heavy atom. The Hall–Kier alpha value is -2.39. The van der Waals surface area contributed by atoms with Crippen molar-refractivity contribution in [3.8, 4) is 0 Å². The minimum absolute atomic E-state index is 0.174. The summed E-state index contributed by atoms with van der Waals surface area (Å²) in [4.78, 5) is 15.4. The van der Waals surface area contributed by atoms with Crippen molar-refractivity contribution in [2.24, 2.45) is 0 Å². The Bertz CT molecular complexity index is 731. The van der Waals surface area contributed by atoms with Gasteiger partial charge in [-0.25, -0.2) is 0 Å². The van der Waals surface area contributed by atoms with E-state index in [1.54, 1.807) is 0 Å². The highest BCUT2D eigenvalue weighted by Crippen LogP contribution is 2.18. The highest BCUT2D eigenvalue weighted by molar-refractivity contribution is 6.07. The minimum Gasteiger partial charge on any atom is -0.360 e. The number of fused-ring (bicyclic) bond motifs is 1. The highest BCUT2D eigenvalue weighted by atomic mass is 16.1. The van der Waals surface area contributed by atoms with E-state index in [-0.39, 0.29) is 5.78 Å². The molecule has 1 heterocycles. The third-order valence-electron chi connectivity index (χ3n) is 3.59. The molecular formula is C18H18N2O. The number of hydrogen-bond acceptors (Lipinski definition) is 2. The number of benzene rings is 2. The summed E-state index contributed by atoms with van der Waals surface area (Å²) in [5, 5.41) is 4.32. The number of Topliss-reactive ketones (excluding diaryl/α,β-unsaturated/α-hetero) is 1. The summed E-state index contributed by atoms with van der Waals surface area (Å²) in [6, 6.07) is 18.1. The lowest BCUT2D eigenvalue weighted by Gasteiger charge is -2.04. The number of rotatable bonds is 6. The number of hydrogen-bond donors (Lipinski definition) is 2. The van der Waals surface area contributed by atoms with Crippen molar-refractivity contribution in [3.63, 3.8) is 0 Å². The summed E-state index contributed by atoms with van der Waals surface area (Å²) in [6.07, 6.45) is 2.32. The first-order valence-electron chi connectivity index (χ1n) is 7.18. The van der Waals surface area contributed by atoms with Gasteiger partial charge in [0.25, 0.3) is 0 Å². The van der Waals surface area contributed by atoms with E-state index in [1.165, 1.54) is 5.56 Å². The van der Waals surface area contributed by atoms with Gasteiger partial charge in [0.2, 0.25) is 0 Å². The first-order valence-corrected chi connectivity index (χ1v) is 7.18. The average molecular weight is 278 g/mol. The molecule has 0 fully saturated rings. The molecule has 106 valence electrons. The van der Waals surface area contributed by atoms with Gasteiger partial charge in [0.05, 0.1) is 0 Å². The Morgan fingerprint density at radius 3 is 2.62 bits per heavy atom. The molecule has 0 radical (unpaired) electrons. The lowest BCUT2D eigenvalue weighted by atomic mass is 10.1. The summed E-state index contributed by atoms with van der Waals surface area (Å²) < 4.78 is 0. The summed E-state index contributed by atoms with van der Waals surface area (Å²) in [5.41, 5.74) is 3.03. The summed E-state index contributed by atoms with van der Waals surface area (Å²) in [5.74, 6) is 0.174. The van der Waals surface area contributed by atoms with E-state index < -0.39 is 0 Å². The Labute approximate surface area is 124 Å². The lowest BCUT2D eigenvalue weighted by molar-refractivity contribution is 0.0984. The monoisotopic (exact) mass is 278 g/mol. The molecule has 0 aliphatic rings. The lowest BCUT2D eigenvalue weighted by Crippen LogP contribution is -2.17. The quantitative estimate of drug-likeness (QED) is 0.535. The molecule has 3 aromatic rings. The van der Waals surface area contributed by atoms with E-state index >= 15 is 0 Å². The fraction of sp³-hybridized carbons (Fsp3) is 0.167. The summed E-state index contributed by atoms with van der Waals surface area (Å²) in [7, 11) is 0. The number of nitrogens with one attached hydrogen (secondary N) is 2. The number of carbonyl (C=O) groups excluding carboxylic acids is 1. The van der Waals surface area contributed by atoms with E-state index in [9.17, 15) is 4.79 Å². The summed E-state index contributed by atoms with van der Waals surface area (Å²) >= 11 is 0. The van der Waals surface area contributed by atoms with Gasteiger partial charge in [0.15, 0.2) is 5.78 Å². The zero-order valence-corrected chi connectivity index (χ0v) is 11.8. The second-order valence-electron chi connectivity index (χ2n) is 5.08. The Balaban J connectivity index is 1.55. The normalized spacial score (nSPS) is 10.9. The van der Waals surface area contributed by atoms with Crippen LogP contribution in [0.1, 0.15) is 22.3 Å². The van der Waals surface area contributed by atoms with E-state index in [0.29, 0.717) is 13.0 Å². The van der Waals surface area contributed by atoms with Gasteiger partial charge in [-0.05, 0) is 11.6 Å². The fourth-order valence-electron chi connectivity index (χ4n) is 2.47. The fourth-order valence-corrected chi connectivity index (χ4v) is 2.47. The largest absolute Gasteiger partial charge is 0.360 e. The van der Waals surface area contributed by atoms with Crippen LogP contribution in [-0.4, -0.2) is 17.3 Å². The molecule has 0 aliphatic carbocycles. The van der Waals surface area contributed by atoms with Gasteiger partial charge >= 0.3 is 0 Å². The molecule has 3 nitrogen and oxygen atoms in total. The smallest absolute Gasteiger partial charge is 0.166 e. The molecule has 0 unspecified atom stereocenters. The third-order valence-corrected chi connectivity index (χ3v) is 3.59. The van der Waals surface area contributed by atoms with Crippen LogP contribution in [-0.2, 0) is 6.54 Å². The molecule has 0 spiro atoms. The molecule has 21 heavy (non-hydrogen) atoms. The molecule has 3 heteroatoms. The van der Waals surface area contributed by atoms with Crippen LogP contribution >= 0.6 is 0 Å². The van der Waals surface area contributed by atoms with Gasteiger partial charge in [-0.2, -0.15) is 0 Å². The predicted molar refractivity (Wildman–Crippen MR) is 85.4 cm³/mol. The van der Waals surface area contributed by atoms with Crippen molar-refractivity contribution in [2.45, 2.75) is 13.0 Å². The minimum atomic E-state index is 0.174. The number of aromatic nitrogens is 1. The highest BCUT2D eigenvalue weighted by Gasteiger charge is 2.10. The molecule has 1 aromatic heterocycles. The van der Waals surface area contributed by atoms with Gasteiger partial charge in [0.1, 0.15) is 0 Å². The maximum absolute atomic E-state index is 12.3. The van der Waals surface area contributed by atoms with E-state index in [4.69, 9.17) is 0 Å². The molecule has 0 amide bonds. The maximum atomic E-state index is 12.3. The van der Waals surface area contributed by atoms with Crippen LogP contribution in [0.15, 0.2) is 60.8 Å². The van der Waals surface area contributed by atoms with Crippen molar-refractivity contribution in [1.82, 2.24) is 10.3 Å². The van der Waals surface area contributed by atoms with Gasteiger partial charge in [-0.15, -0.1) is 0 Å². The number of ketones is 1. The average Bonchev–Trinajstić information content (AvgIpc) is 2.96. The number of H-pyrrole nitrogens is 1. The Kier molecular flexibility index (Phi) is 4.12. The van der Waals surface area contributed by atoms with Crippen LogP contribution in [0, 0.1) is 0 Å². The second-order valence-corrected chi connectivity index (χ2v) is 5.08. The molecule has 0 aliphatic heterocycles. The maximum Gasteiger partial charge on any atom is 0.166 e. The van der Waals surface area contributed by atoms with Crippen LogP contribution in [0.25, 0.3) is 10.9 Å². The van der Waals surface area contributed by atoms with E-state index in [1.807, 2.05) is 48.7 Å². The molecule has 0 atom stereocenters. The number of para-hydroxylation sites is 1. The van der Waals surface area contributed by atoms with Crippen molar-refractivity contribution in [1.29, 1.82) is 0 Å². The van der Waals surface area contributed by atoms with E-state index in [2.05, 4.69) is 22.4 Å². The van der Waals surface area contributed by atoms with Crippen LogP contribution in [0.4, 0.5) is 0 Å². The molecule has 0 saturated heterocycles. The van der Waals surface area contributed by atoms with Gasteiger partial charge in [0, 0.05) is 42.2 Å². The van der Waals surface area contributed by atoms with Gasteiger partial charge in [-0.1, -0.05) is 48.5 Å². The van der Waals surface area contributed by atoms with E-state index in [0.717, 1.165) is 23.0 Å². The second kappa shape index (κ2) is 6.37. The van der Waals surface area contributed by atoms with Crippen molar-refractivity contribution in [2.75, 3.05) is 6.54 Å². The molecule has 2 N–H and O–H groups in total. The standard InChI is InChI=1S/C18H18N2O/c21-18(10-11-19-12-14-6-2-1-3-7-14)16-13-20-17-9-5-4-8-15(16)17/h1-9,13,19-20H,10-12H2. The molecule has 0 saturated carbocycles. The SMILES string of the molecule is O=C(CCNCc1ccccc1)c1c[nH]c2ccccc12. The van der Waals surface area contributed by atoms with Crippen LogP contribution < -0.4 is 5.32 Å². The Morgan fingerprint density at radius 1 is 1.00 bits per heavy atom. The van der Waals surface area contributed by atoms with Crippen molar-refractivity contribution in [3.05, 3.63) is 71.9 Å². The first-order chi connectivity index (χ1) is 10.3. The van der Waals surface area contributed by atoms with Crippen LogP contribution in [0.3, 0.4) is 0 Å². The molecule has 3 rings (SSSR count). The van der Waals surface area contributed by atoms with Crippen molar-refractivity contribution >= 4 is 16.7 Å². The van der Waals surface area contributed by atoms with Gasteiger partial charge < -0.3 is 10.3 Å². The van der Waals surface area contributed by atoms with Crippen LogP contribution in [0.2, 0.25) is 0 Å². The first kappa shape index (κ1) is 13.6. The van der Waals surface area contributed by atoms with Gasteiger partial charge in [-0.3, -0.25) is 4.79 Å². The number of aromatic amines is 1. The predicted octanol–water partition coefficient (Wildman–Crippen LogP) is 3.53. The topological polar surface area (TPSA) is 44.9 Å². The summed E-state index contributed by atoms with van der Waals surface area (Å²) in [6.45, 7) is 1.48. The number of carbonyl (C=O) groups is 1. The molecule has 0 bridgehead atoms. The molecular weight excluding hydrogens is 260 g/mol. The third kappa shape index (κ3) is 3.20. The molecule has 2 aromatic carbocycles. The van der Waals surface area contributed by atoms with Crippen LogP contribution in [0.5, 0.6) is 0 Å².